The fourth-order valence-corrected chi connectivity index (χ4v) is 1.88. The monoisotopic (exact) mass is 203 g/mol. The second-order valence-electron chi connectivity index (χ2n) is 5.26. The summed E-state index contributed by atoms with van der Waals surface area (Å²) < 4.78 is 0. The molecule has 1 amide bonds. The van der Waals surface area contributed by atoms with E-state index in [9.17, 15) is 4.79 Å². The van der Waals surface area contributed by atoms with E-state index in [2.05, 4.69) is 38.2 Å². The molecule has 1 aliphatic rings. The van der Waals surface area contributed by atoms with Gasteiger partial charge in [0.25, 0.3) is 0 Å². The van der Waals surface area contributed by atoms with Crippen molar-refractivity contribution in [3.8, 4) is 0 Å². The molecular weight excluding hydrogens is 186 g/mol. The van der Waals surface area contributed by atoms with Crippen LogP contribution in [-0.4, -0.2) is 5.91 Å². The third-order valence-corrected chi connectivity index (χ3v) is 3.04. The highest BCUT2D eigenvalue weighted by Crippen LogP contribution is 2.35. The molecule has 0 fully saturated rings. The summed E-state index contributed by atoms with van der Waals surface area (Å²) in [5.41, 5.74) is 3.53. The molecule has 15 heavy (non-hydrogen) atoms. The van der Waals surface area contributed by atoms with Crippen LogP contribution in [0.15, 0.2) is 18.2 Å². The van der Waals surface area contributed by atoms with Gasteiger partial charge in [0.2, 0.25) is 5.91 Å². The van der Waals surface area contributed by atoms with Crippen molar-refractivity contribution in [3.63, 3.8) is 0 Å². The highest BCUT2D eigenvalue weighted by Gasteiger charge is 2.27. The SMILES string of the molecule is CC1C(=O)Nc2ccc(C(C)(C)C)cc21. The maximum Gasteiger partial charge on any atom is 0.231 e. The molecule has 80 valence electrons. The average molecular weight is 203 g/mol. The number of rotatable bonds is 0. The van der Waals surface area contributed by atoms with E-state index in [-0.39, 0.29) is 17.2 Å². The zero-order valence-corrected chi connectivity index (χ0v) is 9.72. The van der Waals surface area contributed by atoms with Gasteiger partial charge in [-0.15, -0.1) is 0 Å². The molecule has 0 saturated heterocycles. The fraction of sp³-hybridized carbons (Fsp3) is 0.462. The number of nitrogens with one attached hydrogen (secondary N) is 1. The van der Waals surface area contributed by atoms with Gasteiger partial charge in [0.1, 0.15) is 0 Å². The smallest absolute Gasteiger partial charge is 0.231 e. The van der Waals surface area contributed by atoms with Crippen LogP contribution in [0.1, 0.15) is 44.7 Å². The van der Waals surface area contributed by atoms with Crippen LogP contribution < -0.4 is 5.32 Å². The summed E-state index contributed by atoms with van der Waals surface area (Å²) in [5, 5.41) is 2.89. The summed E-state index contributed by atoms with van der Waals surface area (Å²) in [5.74, 6) is 0.0957. The predicted molar refractivity (Wildman–Crippen MR) is 62.2 cm³/mol. The second kappa shape index (κ2) is 3.09. The normalized spacial score (nSPS) is 20.0. The lowest BCUT2D eigenvalue weighted by Crippen LogP contribution is -2.11. The summed E-state index contributed by atoms with van der Waals surface area (Å²) in [7, 11) is 0. The van der Waals surface area contributed by atoms with Gasteiger partial charge in [0.15, 0.2) is 0 Å². The van der Waals surface area contributed by atoms with Crippen LogP contribution in [0.2, 0.25) is 0 Å². The summed E-state index contributed by atoms with van der Waals surface area (Å²) in [6.45, 7) is 8.50. The minimum absolute atomic E-state index is 0.0118. The van der Waals surface area contributed by atoms with Gasteiger partial charge in [-0.1, -0.05) is 32.9 Å². The minimum atomic E-state index is -0.0118. The van der Waals surface area contributed by atoms with Gasteiger partial charge in [-0.25, -0.2) is 0 Å². The lowest BCUT2D eigenvalue weighted by molar-refractivity contribution is -0.116. The van der Waals surface area contributed by atoms with E-state index in [1.807, 2.05) is 13.0 Å². The van der Waals surface area contributed by atoms with E-state index < -0.39 is 0 Å². The van der Waals surface area contributed by atoms with E-state index in [1.165, 1.54) is 5.56 Å². The van der Waals surface area contributed by atoms with Crippen LogP contribution in [-0.2, 0) is 10.2 Å². The largest absolute Gasteiger partial charge is 0.325 e. The van der Waals surface area contributed by atoms with Gasteiger partial charge in [-0.3, -0.25) is 4.79 Å². The van der Waals surface area contributed by atoms with Crippen molar-refractivity contribution in [1.82, 2.24) is 0 Å². The molecule has 1 aromatic rings. The van der Waals surface area contributed by atoms with Gasteiger partial charge in [-0.2, -0.15) is 0 Å². The van der Waals surface area contributed by atoms with Gasteiger partial charge < -0.3 is 5.32 Å². The van der Waals surface area contributed by atoms with Crippen molar-refractivity contribution in [1.29, 1.82) is 0 Å². The Kier molecular flexibility index (Phi) is 2.10. The summed E-state index contributed by atoms with van der Waals surface area (Å²) >= 11 is 0. The first-order chi connectivity index (χ1) is 6.89. The zero-order chi connectivity index (χ0) is 11.2. The molecule has 1 unspecified atom stereocenters. The molecule has 1 aromatic carbocycles. The Labute approximate surface area is 90.7 Å². The number of fused-ring (bicyclic) bond motifs is 1. The molecule has 0 spiro atoms. The van der Waals surface area contributed by atoms with Crippen molar-refractivity contribution >= 4 is 11.6 Å². The summed E-state index contributed by atoms with van der Waals surface area (Å²) in [6.07, 6.45) is 0. The molecule has 0 radical (unpaired) electrons. The molecular formula is C13H17NO. The Balaban J connectivity index is 2.49. The topological polar surface area (TPSA) is 29.1 Å². The lowest BCUT2D eigenvalue weighted by Gasteiger charge is -2.20. The third kappa shape index (κ3) is 1.65. The number of benzene rings is 1. The molecule has 0 aliphatic carbocycles. The van der Waals surface area contributed by atoms with Gasteiger partial charge in [0.05, 0.1) is 5.92 Å². The van der Waals surface area contributed by atoms with Gasteiger partial charge in [-0.05, 0) is 29.5 Å². The molecule has 1 N–H and O–H groups in total. The predicted octanol–water partition coefficient (Wildman–Crippen LogP) is 3.04. The summed E-state index contributed by atoms with van der Waals surface area (Å²) in [4.78, 5) is 11.5. The van der Waals surface area contributed by atoms with E-state index in [4.69, 9.17) is 0 Å². The molecule has 1 aliphatic heterocycles. The number of carbonyl (C=O) groups excluding carboxylic acids is 1. The second-order valence-corrected chi connectivity index (χ2v) is 5.26. The number of carbonyl (C=O) groups is 1. The van der Waals surface area contributed by atoms with E-state index in [0.29, 0.717) is 0 Å². The molecule has 0 saturated carbocycles. The molecule has 2 nitrogen and oxygen atoms in total. The van der Waals surface area contributed by atoms with Crippen molar-refractivity contribution in [2.75, 3.05) is 5.32 Å². The average Bonchev–Trinajstić information content (AvgIpc) is 2.41. The van der Waals surface area contributed by atoms with Crippen molar-refractivity contribution in [3.05, 3.63) is 29.3 Å². The highest BCUT2D eigenvalue weighted by atomic mass is 16.2. The first-order valence-electron chi connectivity index (χ1n) is 5.35. The molecule has 0 aromatic heterocycles. The Hall–Kier alpha value is -1.31. The Morgan fingerprint density at radius 3 is 2.53 bits per heavy atom. The van der Waals surface area contributed by atoms with E-state index in [0.717, 1.165) is 11.3 Å². The van der Waals surface area contributed by atoms with Crippen LogP contribution in [0, 0.1) is 0 Å². The zero-order valence-electron chi connectivity index (χ0n) is 9.72. The molecule has 0 bridgehead atoms. The molecule has 2 heteroatoms. The van der Waals surface area contributed by atoms with Crippen LogP contribution in [0.4, 0.5) is 5.69 Å². The Morgan fingerprint density at radius 1 is 1.27 bits per heavy atom. The van der Waals surface area contributed by atoms with E-state index >= 15 is 0 Å². The summed E-state index contributed by atoms with van der Waals surface area (Å²) in [6, 6.07) is 6.26. The first-order valence-corrected chi connectivity index (χ1v) is 5.35. The van der Waals surface area contributed by atoms with E-state index in [1.54, 1.807) is 0 Å². The highest BCUT2D eigenvalue weighted by molar-refractivity contribution is 6.02. The molecule has 1 heterocycles. The Morgan fingerprint density at radius 2 is 1.93 bits per heavy atom. The maximum absolute atomic E-state index is 11.5. The van der Waals surface area contributed by atoms with Crippen molar-refractivity contribution in [2.24, 2.45) is 0 Å². The van der Waals surface area contributed by atoms with Crippen molar-refractivity contribution < 1.29 is 4.79 Å². The van der Waals surface area contributed by atoms with Crippen LogP contribution in [0.25, 0.3) is 0 Å². The fourth-order valence-electron chi connectivity index (χ4n) is 1.88. The van der Waals surface area contributed by atoms with Crippen LogP contribution in [0.3, 0.4) is 0 Å². The number of amides is 1. The Bertz CT molecular complexity index is 415. The van der Waals surface area contributed by atoms with Gasteiger partial charge in [0, 0.05) is 5.69 Å². The first kappa shape index (κ1) is 10.2. The van der Waals surface area contributed by atoms with Crippen molar-refractivity contribution in [2.45, 2.75) is 39.0 Å². The quantitative estimate of drug-likeness (QED) is 0.690. The van der Waals surface area contributed by atoms with Gasteiger partial charge >= 0.3 is 0 Å². The number of hydrogen-bond donors (Lipinski definition) is 1. The lowest BCUT2D eigenvalue weighted by atomic mass is 9.85. The number of hydrogen-bond acceptors (Lipinski definition) is 1. The molecule has 1 atom stereocenters. The van der Waals surface area contributed by atoms with Crippen LogP contribution >= 0.6 is 0 Å². The maximum atomic E-state index is 11.5. The standard InChI is InChI=1S/C13H17NO/c1-8-10-7-9(13(2,3)4)5-6-11(10)14-12(8)15/h5-8H,1-4H3,(H,14,15). The minimum Gasteiger partial charge on any atom is -0.325 e. The molecule has 2 rings (SSSR count). The third-order valence-electron chi connectivity index (χ3n) is 3.04. The van der Waals surface area contributed by atoms with Crippen LogP contribution in [0.5, 0.6) is 0 Å². The number of anilines is 1.